The average Bonchev–Trinajstić information content (AvgIpc) is 2.65. The van der Waals surface area contributed by atoms with E-state index in [0.717, 1.165) is 26.8 Å². The van der Waals surface area contributed by atoms with Crippen LogP contribution in [-0.2, 0) is 4.79 Å². The molecule has 27 heavy (non-hydrogen) atoms. The lowest BCUT2D eigenvalue weighted by Gasteiger charge is -2.13. The normalized spacial score (nSPS) is 10.9. The summed E-state index contributed by atoms with van der Waals surface area (Å²) < 4.78 is 6.25. The van der Waals surface area contributed by atoms with Gasteiger partial charge in [-0.1, -0.05) is 28.1 Å². The number of nitrogens with zero attached hydrogens (tertiary/aromatic N) is 2. The molecule has 0 saturated heterocycles. The first-order valence-corrected chi connectivity index (χ1v) is 9.60. The zero-order chi connectivity index (χ0) is 19.2. The number of carbonyl (C=O) groups excluding carboxylic acids is 1. The molecule has 0 saturated carbocycles. The molecule has 8 heteroatoms. The van der Waals surface area contributed by atoms with Crippen molar-refractivity contribution in [3.05, 3.63) is 59.4 Å². The zero-order valence-corrected chi connectivity index (χ0v) is 17.5. The Morgan fingerprint density at radius 2 is 2.11 bits per heavy atom. The lowest BCUT2D eigenvalue weighted by Crippen LogP contribution is -2.03. The molecule has 0 spiro atoms. The molecule has 3 aromatic rings. The van der Waals surface area contributed by atoms with Crippen molar-refractivity contribution in [1.82, 2.24) is 9.97 Å². The number of ether oxygens (including phenoxy) is 1. The van der Waals surface area contributed by atoms with Crippen LogP contribution >= 0.6 is 31.9 Å². The topological polar surface area (TPSA) is 76.1 Å². The van der Waals surface area contributed by atoms with Gasteiger partial charge in [0.05, 0.1) is 18.3 Å². The maximum absolute atomic E-state index is 10.9. The van der Waals surface area contributed by atoms with Gasteiger partial charge in [0.15, 0.2) is 0 Å². The number of aromatic nitrogens is 2. The number of hydrogen-bond donors (Lipinski definition) is 2. The minimum Gasteiger partial charge on any atom is -0.495 e. The molecule has 3 rings (SSSR count). The van der Waals surface area contributed by atoms with E-state index in [4.69, 9.17) is 4.74 Å². The Balaban J connectivity index is 1.95. The van der Waals surface area contributed by atoms with Gasteiger partial charge in [-0.3, -0.25) is 4.79 Å². The van der Waals surface area contributed by atoms with E-state index in [1.54, 1.807) is 13.2 Å². The molecule has 138 valence electrons. The number of rotatable bonds is 7. The summed E-state index contributed by atoms with van der Waals surface area (Å²) in [5.74, 6) is 1.35. The van der Waals surface area contributed by atoms with E-state index >= 15 is 0 Å². The van der Waals surface area contributed by atoms with E-state index in [0.29, 0.717) is 18.1 Å². The lowest BCUT2D eigenvalue weighted by atomic mass is 10.2. The number of methoxy groups -OCH3 is 1. The first-order chi connectivity index (χ1) is 13.1. The third kappa shape index (κ3) is 5.05. The van der Waals surface area contributed by atoms with Gasteiger partial charge in [-0.15, -0.1) is 0 Å². The van der Waals surface area contributed by atoms with Gasteiger partial charge in [0, 0.05) is 28.2 Å². The molecular formula is C19H16Br2N4O2. The summed E-state index contributed by atoms with van der Waals surface area (Å²) >= 11 is 6.33. The van der Waals surface area contributed by atoms with E-state index in [9.17, 15) is 4.79 Å². The first-order valence-electron chi connectivity index (χ1n) is 8.02. The molecule has 0 fully saturated rings. The maximum atomic E-state index is 10.9. The predicted molar refractivity (Wildman–Crippen MR) is 115 cm³/mol. The Morgan fingerprint density at radius 1 is 1.26 bits per heavy atom. The lowest BCUT2D eigenvalue weighted by molar-refractivity contribution is -0.106. The summed E-state index contributed by atoms with van der Waals surface area (Å²) in [4.78, 5) is 19.7. The highest BCUT2D eigenvalue weighted by molar-refractivity contribution is 9.18. The van der Waals surface area contributed by atoms with Crippen molar-refractivity contribution in [2.45, 2.75) is 0 Å². The number of halogens is 2. The Labute approximate surface area is 173 Å². The van der Waals surface area contributed by atoms with Crippen LogP contribution in [0, 0.1) is 0 Å². The van der Waals surface area contributed by atoms with Crippen LogP contribution in [-0.4, -0.2) is 28.3 Å². The molecule has 0 amide bonds. The van der Waals surface area contributed by atoms with Gasteiger partial charge in [0.2, 0.25) is 4.69 Å². The molecule has 0 aliphatic rings. The van der Waals surface area contributed by atoms with E-state index in [1.165, 1.54) is 12.4 Å². The van der Waals surface area contributed by atoms with Gasteiger partial charge in [0.25, 0.3) is 0 Å². The Hall–Kier alpha value is -2.45. The van der Waals surface area contributed by atoms with Crippen LogP contribution in [0.3, 0.4) is 0 Å². The zero-order valence-electron chi connectivity index (χ0n) is 14.4. The Kier molecular flexibility index (Phi) is 6.41. The molecule has 0 bridgehead atoms. The summed E-state index contributed by atoms with van der Waals surface area (Å²) in [5, 5.41) is 7.40. The molecule has 6 nitrogen and oxygen atoms in total. The quantitative estimate of drug-likeness (QED) is 0.356. The number of nitrogens with one attached hydrogen (secondary N) is 2. The number of carbonyl (C=O) groups is 1. The van der Waals surface area contributed by atoms with Crippen molar-refractivity contribution in [3.8, 4) is 5.75 Å². The first kappa shape index (κ1) is 19.3. The van der Waals surface area contributed by atoms with Gasteiger partial charge in [-0.25, -0.2) is 9.97 Å². The van der Waals surface area contributed by atoms with Gasteiger partial charge < -0.3 is 15.4 Å². The van der Waals surface area contributed by atoms with Crippen molar-refractivity contribution < 1.29 is 9.53 Å². The Morgan fingerprint density at radius 3 is 2.85 bits per heavy atom. The van der Waals surface area contributed by atoms with Crippen LogP contribution in [0.1, 0.15) is 0 Å². The van der Waals surface area contributed by atoms with Crippen LogP contribution in [0.2, 0.25) is 0 Å². The fourth-order valence-corrected chi connectivity index (χ4v) is 3.10. The smallest absolute Gasteiger partial charge is 0.220 e. The van der Waals surface area contributed by atoms with Crippen LogP contribution in [0.4, 0.5) is 17.2 Å². The number of allylic oxidation sites excluding steroid dienone is 1. The fraction of sp³-hybridized carbons (Fsp3) is 0.105. The molecule has 1 heterocycles. The molecule has 0 aliphatic heterocycles. The highest BCUT2D eigenvalue weighted by atomic mass is 79.9. The van der Waals surface area contributed by atoms with Crippen LogP contribution in [0.15, 0.2) is 59.4 Å². The number of fused-ring (bicyclic) bond motifs is 1. The molecule has 2 aromatic carbocycles. The second-order valence-electron chi connectivity index (χ2n) is 5.51. The largest absolute Gasteiger partial charge is 0.495 e. The number of benzene rings is 2. The standard InChI is InChI=1S/C19H16Br2N4O2/c1-27-17-10-15-14(9-16(17)22-7-3-6-18(21)26)19(24-11-23-15)25-13-5-2-4-12(20)8-13/h2-6,8-11,22H,7H2,1H3,(H,23,24,25). The number of hydrogen-bond acceptors (Lipinski definition) is 6. The number of anilines is 3. The summed E-state index contributed by atoms with van der Waals surface area (Å²) in [5.41, 5.74) is 2.45. The average molecular weight is 492 g/mol. The van der Waals surface area contributed by atoms with Crippen molar-refractivity contribution in [3.63, 3.8) is 0 Å². The van der Waals surface area contributed by atoms with E-state index < -0.39 is 0 Å². The Bertz CT molecular complexity index is 1010. The van der Waals surface area contributed by atoms with Crippen molar-refractivity contribution >= 4 is 64.6 Å². The molecule has 0 aliphatic carbocycles. The summed E-state index contributed by atoms with van der Waals surface area (Å²) in [6.45, 7) is 0.474. The van der Waals surface area contributed by atoms with Gasteiger partial charge in [-0.05, 0) is 46.3 Å². The van der Waals surface area contributed by atoms with Crippen molar-refractivity contribution in [2.75, 3.05) is 24.3 Å². The molecule has 0 atom stereocenters. The minimum atomic E-state index is -0.177. The predicted octanol–water partition coefficient (Wildman–Crippen LogP) is 5.03. The summed E-state index contributed by atoms with van der Waals surface area (Å²) in [6, 6.07) is 11.6. The monoisotopic (exact) mass is 490 g/mol. The second-order valence-corrected chi connectivity index (χ2v) is 7.21. The van der Waals surface area contributed by atoms with Gasteiger partial charge >= 0.3 is 0 Å². The molecular weight excluding hydrogens is 476 g/mol. The van der Waals surface area contributed by atoms with Gasteiger partial charge in [-0.2, -0.15) is 0 Å². The summed E-state index contributed by atoms with van der Waals surface area (Å²) in [7, 11) is 1.60. The van der Waals surface area contributed by atoms with Crippen molar-refractivity contribution in [1.29, 1.82) is 0 Å². The molecule has 0 radical (unpaired) electrons. The van der Waals surface area contributed by atoms with Gasteiger partial charge in [0.1, 0.15) is 17.9 Å². The fourth-order valence-electron chi connectivity index (χ4n) is 2.51. The molecule has 1 aromatic heterocycles. The molecule has 2 N–H and O–H groups in total. The van der Waals surface area contributed by atoms with Crippen molar-refractivity contribution in [2.24, 2.45) is 0 Å². The van der Waals surface area contributed by atoms with E-state index in [1.807, 2.05) is 36.4 Å². The highest BCUT2D eigenvalue weighted by Gasteiger charge is 2.10. The second kappa shape index (κ2) is 8.96. The highest BCUT2D eigenvalue weighted by Crippen LogP contribution is 2.33. The van der Waals surface area contributed by atoms with Crippen LogP contribution in [0.25, 0.3) is 10.9 Å². The third-order valence-electron chi connectivity index (χ3n) is 3.70. The van der Waals surface area contributed by atoms with E-state index in [-0.39, 0.29) is 4.69 Å². The third-order valence-corrected chi connectivity index (χ3v) is 4.46. The summed E-state index contributed by atoms with van der Waals surface area (Å²) in [6.07, 6.45) is 4.69. The SMILES string of the molecule is COc1cc2ncnc(Nc3cccc(Br)c3)c2cc1NCC=CC(=O)Br. The molecule has 0 unspecified atom stereocenters. The van der Waals surface area contributed by atoms with E-state index in [2.05, 4.69) is 52.5 Å². The van der Waals surface area contributed by atoms with Crippen LogP contribution < -0.4 is 15.4 Å². The minimum absolute atomic E-state index is 0.177. The maximum Gasteiger partial charge on any atom is 0.220 e. The van der Waals surface area contributed by atoms with Crippen LogP contribution in [0.5, 0.6) is 5.75 Å².